The van der Waals surface area contributed by atoms with Crippen molar-refractivity contribution in [2.75, 3.05) is 0 Å². The van der Waals surface area contributed by atoms with Crippen LogP contribution in [0.3, 0.4) is 0 Å². The first kappa shape index (κ1) is 8.12. The topological polar surface area (TPSA) is 0 Å². The molecule has 11 heavy (non-hydrogen) atoms. The predicted octanol–water partition coefficient (Wildman–Crippen LogP) is 1.90. The highest BCUT2D eigenvalue weighted by molar-refractivity contribution is 6.34. The first-order valence-corrected chi connectivity index (χ1v) is 3.85. The molecule has 0 atom stereocenters. The molecule has 0 saturated heterocycles. The van der Waals surface area contributed by atoms with E-state index in [0.717, 1.165) is 17.4 Å². The van der Waals surface area contributed by atoms with E-state index in [9.17, 15) is 0 Å². The summed E-state index contributed by atoms with van der Waals surface area (Å²) < 4.78 is 0. The van der Waals surface area contributed by atoms with Gasteiger partial charge in [-0.25, -0.2) is 0 Å². The average Bonchev–Trinajstić information content (AvgIpc) is 2.03. The third-order valence-electron chi connectivity index (χ3n) is 1.53. The zero-order chi connectivity index (χ0) is 8.10. The number of hydrogen-bond acceptors (Lipinski definition) is 0. The van der Waals surface area contributed by atoms with Crippen molar-refractivity contribution in [3.8, 4) is 0 Å². The van der Waals surface area contributed by atoms with E-state index in [1.165, 1.54) is 0 Å². The minimum Gasteiger partial charge on any atom is -0.0896 e. The Hall–Kier alpha value is -0.975. The standard InChI is InChI=1S/C10H11B/c1-2-3-6-9-7-4-5-8-10(9)11/h3-8H,2H2,1H3/b6-3-. The van der Waals surface area contributed by atoms with Gasteiger partial charge in [0.1, 0.15) is 7.85 Å². The van der Waals surface area contributed by atoms with Gasteiger partial charge in [-0.2, -0.15) is 0 Å². The first-order valence-electron chi connectivity index (χ1n) is 3.85. The maximum Gasteiger partial charge on any atom is 0.114 e. The van der Waals surface area contributed by atoms with Crippen molar-refractivity contribution >= 4 is 19.4 Å². The first-order chi connectivity index (χ1) is 5.34. The molecular weight excluding hydrogens is 131 g/mol. The second-order valence-electron chi connectivity index (χ2n) is 2.44. The van der Waals surface area contributed by atoms with Gasteiger partial charge in [0.2, 0.25) is 0 Å². The average molecular weight is 142 g/mol. The summed E-state index contributed by atoms with van der Waals surface area (Å²) in [7, 11) is 5.71. The van der Waals surface area contributed by atoms with Crippen LogP contribution in [0.1, 0.15) is 18.9 Å². The van der Waals surface area contributed by atoms with Crippen molar-refractivity contribution in [2.24, 2.45) is 0 Å². The Labute approximate surface area is 69.4 Å². The van der Waals surface area contributed by atoms with Crippen molar-refractivity contribution < 1.29 is 0 Å². The molecule has 0 aliphatic heterocycles. The van der Waals surface area contributed by atoms with E-state index in [2.05, 4.69) is 19.1 Å². The molecule has 0 aromatic heterocycles. The highest BCUT2D eigenvalue weighted by Gasteiger charge is 1.88. The third-order valence-corrected chi connectivity index (χ3v) is 1.53. The Kier molecular flexibility index (Phi) is 2.97. The summed E-state index contributed by atoms with van der Waals surface area (Å²) in [6.07, 6.45) is 5.20. The quantitative estimate of drug-likeness (QED) is 0.553. The molecule has 2 radical (unpaired) electrons. The van der Waals surface area contributed by atoms with Crippen LogP contribution in [0, 0.1) is 0 Å². The molecule has 1 heteroatoms. The summed E-state index contributed by atoms with van der Waals surface area (Å²) in [5, 5.41) is 0. The van der Waals surface area contributed by atoms with Crippen molar-refractivity contribution in [3.05, 3.63) is 35.9 Å². The van der Waals surface area contributed by atoms with Gasteiger partial charge < -0.3 is 0 Å². The Balaban J connectivity index is 2.86. The normalized spacial score (nSPS) is 10.6. The summed E-state index contributed by atoms with van der Waals surface area (Å²) in [4.78, 5) is 0. The van der Waals surface area contributed by atoms with Crippen LogP contribution in [0.5, 0.6) is 0 Å². The van der Waals surface area contributed by atoms with Crippen LogP contribution in [0.25, 0.3) is 6.08 Å². The van der Waals surface area contributed by atoms with E-state index < -0.39 is 0 Å². The molecule has 0 nitrogen and oxygen atoms in total. The van der Waals surface area contributed by atoms with E-state index in [4.69, 9.17) is 7.85 Å². The largest absolute Gasteiger partial charge is 0.114 e. The van der Waals surface area contributed by atoms with E-state index >= 15 is 0 Å². The van der Waals surface area contributed by atoms with Gasteiger partial charge in [0.15, 0.2) is 0 Å². The number of benzene rings is 1. The van der Waals surface area contributed by atoms with Crippen LogP contribution in [-0.4, -0.2) is 7.85 Å². The number of rotatable bonds is 2. The summed E-state index contributed by atoms with van der Waals surface area (Å²) in [5.41, 5.74) is 1.95. The Morgan fingerprint density at radius 2 is 2.09 bits per heavy atom. The molecule has 54 valence electrons. The summed E-state index contributed by atoms with van der Waals surface area (Å²) in [5.74, 6) is 0. The number of allylic oxidation sites excluding steroid dienone is 1. The fourth-order valence-corrected chi connectivity index (χ4v) is 0.907. The van der Waals surface area contributed by atoms with Gasteiger partial charge in [0.05, 0.1) is 0 Å². The molecular formula is C10H11B. The number of hydrogen-bond donors (Lipinski definition) is 0. The molecule has 0 unspecified atom stereocenters. The molecule has 1 aromatic rings. The van der Waals surface area contributed by atoms with Crippen LogP contribution in [-0.2, 0) is 0 Å². The Morgan fingerprint density at radius 1 is 1.36 bits per heavy atom. The summed E-state index contributed by atoms with van der Waals surface area (Å²) in [6, 6.07) is 7.86. The lowest BCUT2D eigenvalue weighted by molar-refractivity contribution is 1.23. The lowest BCUT2D eigenvalue weighted by Gasteiger charge is -1.97. The molecule has 0 saturated carbocycles. The Bertz CT molecular complexity index is 251. The zero-order valence-corrected chi connectivity index (χ0v) is 6.75. The molecule has 1 rings (SSSR count). The highest BCUT2D eigenvalue weighted by Crippen LogP contribution is 1.98. The summed E-state index contributed by atoms with van der Waals surface area (Å²) >= 11 is 0. The monoisotopic (exact) mass is 142 g/mol. The molecule has 0 heterocycles. The van der Waals surface area contributed by atoms with Crippen LogP contribution in [0.15, 0.2) is 30.3 Å². The molecule has 0 N–H and O–H groups in total. The zero-order valence-electron chi connectivity index (χ0n) is 6.75. The highest BCUT2D eigenvalue weighted by atomic mass is 13.9. The second-order valence-corrected chi connectivity index (χ2v) is 2.44. The lowest BCUT2D eigenvalue weighted by Crippen LogP contribution is -2.04. The van der Waals surface area contributed by atoms with Crippen LogP contribution < -0.4 is 5.46 Å². The molecule has 0 spiro atoms. The van der Waals surface area contributed by atoms with Gasteiger partial charge in [0, 0.05) is 0 Å². The minimum atomic E-state index is 0.845. The van der Waals surface area contributed by atoms with E-state index in [-0.39, 0.29) is 0 Å². The van der Waals surface area contributed by atoms with Crippen LogP contribution in [0.4, 0.5) is 0 Å². The van der Waals surface area contributed by atoms with Gasteiger partial charge in [0.25, 0.3) is 0 Å². The smallest absolute Gasteiger partial charge is 0.0896 e. The van der Waals surface area contributed by atoms with Crippen molar-refractivity contribution in [1.29, 1.82) is 0 Å². The van der Waals surface area contributed by atoms with Crippen LogP contribution in [0.2, 0.25) is 0 Å². The molecule has 0 aliphatic rings. The molecule has 0 amide bonds. The Morgan fingerprint density at radius 3 is 2.73 bits per heavy atom. The third kappa shape index (κ3) is 2.26. The second kappa shape index (κ2) is 4.02. The van der Waals surface area contributed by atoms with Crippen molar-refractivity contribution in [2.45, 2.75) is 13.3 Å². The van der Waals surface area contributed by atoms with Gasteiger partial charge in [-0.15, -0.1) is 0 Å². The van der Waals surface area contributed by atoms with E-state index in [1.807, 2.05) is 24.3 Å². The maximum atomic E-state index is 5.71. The van der Waals surface area contributed by atoms with Gasteiger partial charge in [-0.05, 0) is 12.0 Å². The molecule has 0 fully saturated rings. The minimum absolute atomic E-state index is 0.845. The van der Waals surface area contributed by atoms with Gasteiger partial charge in [-0.3, -0.25) is 0 Å². The van der Waals surface area contributed by atoms with Crippen molar-refractivity contribution in [1.82, 2.24) is 0 Å². The van der Waals surface area contributed by atoms with Gasteiger partial charge in [-0.1, -0.05) is 48.8 Å². The fourth-order valence-electron chi connectivity index (χ4n) is 0.907. The molecule has 0 aliphatic carbocycles. The lowest BCUT2D eigenvalue weighted by atomic mass is 9.90. The molecule has 1 aromatic carbocycles. The SMILES string of the molecule is [B]c1ccccc1/C=C\CC. The van der Waals surface area contributed by atoms with Crippen molar-refractivity contribution in [3.63, 3.8) is 0 Å². The van der Waals surface area contributed by atoms with E-state index in [1.54, 1.807) is 0 Å². The van der Waals surface area contributed by atoms with E-state index in [0.29, 0.717) is 0 Å². The molecule has 0 bridgehead atoms. The summed E-state index contributed by atoms with van der Waals surface area (Å²) in [6.45, 7) is 2.11. The van der Waals surface area contributed by atoms with Gasteiger partial charge >= 0.3 is 0 Å². The maximum absolute atomic E-state index is 5.71. The fraction of sp³-hybridized carbons (Fsp3) is 0.200. The van der Waals surface area contributed by atoms with Crippen LogP contribution >= 0.6 is 0 Å². The predicted molar refractivity (Wildman–Crippen MR) is 51.2 cm³/mol.